The molecule has 0 amide bonds. The molecule has 0 aliphatic rings. The van der Waals surface area contributed by atoms with Crippen LogP contribution in [0.15, 0.2) is 65.0 Å². The van der Waals surface area contributed by atoms with Crippen molar-refractivity contribution in [3.05, 3.63) is 70.6 Å². The summed E-state index contributed by atoms with van der Waals surface area (Å²) in [7, 11) is 1.64. The van der Waals surface area contributed by atoms with Gasteiger partial charge < -0.3 is 4.74 Å². The second kappa shape index (κ2) is 8.52. The standard InChI is InChI=1S/C21H27FO/c1-14(2)18(6)15(3)12-16(4)21(13-17(5)22)19-8-10-20(23-7)11-9-19/h8-11,13H,1,12H2,2-7H3/b17-13+,18-15+,21-16+. The average molecular weight is 314 g/mol. The summed E-state index contributed by atoms with van der Waals surface area (Å²) in [5.74, 6) is 0.592. The van der Waals surface area contributed by atoms with Gasteiger partial charge in [-0.1, -0.05) is 35.4 Å². The molecule has 0 heterocycles. The zero-order valence-corrected chi connectivity index (χ0v) is 15.1. The molecule has 1 aromatic carbocycles. The number of hydrogen-bond donors (Lipinski definition) is 0. The van der Waals surface area contributed by atoms with Gasteiger partial charge in [0.15, 0.2) is 0 Å². The summed E-state index contributed by atoms with van der Waals surface area (Å²) in [6.45, 7) is 13.7. The fourth-order valence-corrected chi connectivity index (χ4v) is 2.41. The molecule has 0 atom stereocenters. The summed E-state index contributed by atoms with van der Waals surface area (Å²) in [5.41, 5.74) is 6.57. The van der Waals surface area contributed by atoms with Crippen LogP contribution in [-0.2, 0) is 0 Å². The molecular weight excluding hydrogens is 287 g/mol. The highest BCUT2D eigenvalue weighted by Crippen LogP contribution is 2.29. The number of halogens is 1. The van der Waals surface area contributed by atoms with Gasteiger partial charge in [0.2, 0.25) is 0 Å². The van der Waals surface area contributed by atoms with Crippen molar-refractivity contribution in [1.29, 1.82) is 0 Å². The lowest BCUT2D eigenvalue weighted by atomic mass is 9.93. The summed E-state index contributed by atoms with van der Waals surface area (Å²) in [5, 5.41) is 0. The van der Waals surface area contributed by atoms with Gasteiger partial charge in [0.1, 0.15) is 5.75 Å². The summed E-state index contributed by atoms with van der Waals surface area (Å²) < 4.78 is 18.7. The van der Waals surface area contributed by atoms with Crippen molar-refractivity contribution in [3.8, 4) is 5.75 Å². The van der Waals surface area contributed by atoms with E-state index in [2.05, 4.69) is 20.4 Å². The average Bonchev–Trinajstić information content (AvgIpc) is 2.51. The quantitative estimate of drug-likeness (QED) is 0.534. The molecule has 1 rings (SSSR count). The monoisotopic (exact) mass is 314 g/mol. The van der Waals surface area contributed by atoms with E-state index in [0.29, 0.717) is 0 Å². The third-order valence-electron chi connectivity index (χ3n) is 4.01. The van der Waals surface area contributed by atoms with Crippen molar-refractivity contribution in [2.24, 2.45) is 0 Å². The third-order valence-corrected chi connectivity index (χ3v) is 4.01. The second-order valence-corrected chi connectivity index (χ2v) is 6.02. The first-order chi connectivity index (χ1) is 10.8. The Labute approximate surface area is 139 Å². The highest BCUT2D eigenvalue weighted by molar-refractivity contribution is 5.77. The van der Waals surface area contributed by atoms with Gasteiger partial charge >= 0.3 is 0 Å². The molecule has 2 heteroatoms. The van der Waals surface area contributed by atoms with Crippen LogP contribution < -0.4 is 4.74 Å². The number of hydrogen-bond acceptors (Lipinski definition) is 1. The van der Waals surface area contributed by atoms with Crippen LogP contribution in [0, 0.1) is 0 Å². The van der Waals surface area contributed by atoms with E-state index in [4.69, 9.17) is 4.74 Å². The lowest BCUT2D eigenvalue weighted by molar-refractivity contribution is 0.415. The molecule has 0 unspecified atom stereocenters. The van der Waals surface area contributed by atoms with Gasteiger partial charge in [0, 0.05) is 0 Å². The molecule has 0 saturated heterocycles. The lowest BCUT2D eigenvalue weighted by Crippen LogP contribution is -1.93. The van der Waals surface area contributed by atoms with Crippen molar-refractivity contribution < 1.29 is 9.13 Å². The van der Waals surface area contributed by atoms with Crippen LogP contribution in [0.25, 0.3) is 5.57 Å². The molecule has 0 N–H and O–H groups in total. The van der Waals surface area contributed by atoms with E-state index in [-0.39, 0.29) is 5.83 Å². The molecule has 0 aliphatic heterocycles. The van der Waals surface area contributed by atoms with Crippen LogP contribution in [0.4, 0.5) is 4.39 Å². The maximum atomic E-state index is 13.5. The third kappa shape index (κ3) is 5.55. The van der Waals surface area contributed by atoms with Crippen molar-refractivity contribution in [1.82, 2.24) is 0 Å². The number of allylic oxidation sites excluding steroid dienone is 7. The Kier molecular flexibility index (Phi) is 7.02. The first-order valence-corrected chi connectivity index (χ1v) is 7.76. The topological polar surface area (TPSA) is 9.23 Å². The van der Waals surface area contributed by atoms with Gasteiger partial charge in [-0.3, -0.25) is 0 Å². The molecule has 0 bridgehead atoms. The minimum Gasteiger partial charge on any atom is -0.497 e. The molecular formula is C21H27FO. The molecule has 0 spiro atoms. The predicted molar refractivity (Wildman–Crippen MR) is 98.3 cm³/mol. The molecule has 0 radical (unpaired) electrons. The fraction of sp³-hybridized carbons (Fsp3) is 0.333. The van der Waals surface area contributed by atoms with E-state index in [1.54, 1.807) is 13.2 Å². The van der Waals surface area contributed by atoms with Gasteiger partial charge in [-0.2, -0.15) is 0 Å². The Morgan fingerprint density at radius 1 is 1.04 bits per heavy atom. The zero-order valence-electron chi connectivity index (χ0n) is 15.1. The zero-order chi connectivity index (χ0) is 17.6. The maximum absolute atomic E-state index is 13.5. The molecule has 124 valence electrons. The van der Waals surface area contributed by atoms with Gasteiger partial charge in [-0.05, 0) is 76.0 Å². The van der Waals surface area contributed by atoms with Crippen LogP contribution in [0.5, 0.6) is 5.75 Å². The highest BCUT2D eigenvalue weighted by Gasteiger charge is 2.08. The normalized spacial score (nSPS) is 14.1. The lowest BCUT2D eigenvalue weighted by Gasteiger charge is -2.13. The number of methoxy groups -OCH3 is 1. The van der Waals surface area contributed by atoms with Gasteiger partial charge in [-0.15, -0.1) is 0 Å². The minimum absolute atomic E-state index is 0.201. The predicted octanol–water partition coefficient (Wildman–Crippen LogP) is 6.64. The number of rotatable bonds is 6. The van der Waals surface area contributed by atoms with Gasteiger partial charge in [-0.25, -0.2) is 4.39 Å². The van der Waals surface area contributed by atoms with Crippen LogP contribution in [-0.4, -0.2) is 7.11 Å². The Morgan fingerprint density at radius 2 is 1.61 bits per heavy atom. The first kappa shape index (κ1) is 19.0. The smallest absolute Gasteiger partial charge is 0.118 e. The number of benzene rings is 1. The molecule has 0 fully saturated rings. The van der Waals surface area contributed by atoms with E-state index in [1.807, 2.05) is 38.1 Å². The first-order valence-electron chi connectivity index (χ1n) is 7.76. The molecule has 0 saturated carbocycles. The second-order valence-electron chi connectivity index (χ2n) is 6.02. The summed E-state index contributed by atoms with van der Waals surface area (Å²) in [6.07, 6.45) is 2.39. The molecule has 0 aliphatic carbocycles. The Balaban J connectivity index is 3.30. The van der Waals surface area contributed by atoms with Crippen molar-refractivity contribution in [2.45, 2.75) is 41.0 Å². The molecule has 1 nitrogen and oxygen atoms in total. The minimum atomic E-state index is -0.201. The Bertz CT molecular complexity index is 654. The van der Waals surface area contributed by atoms with Gasteiger partial charge in [0.05, 0.1) is 12.9 Å². The van der Waals surface area contributed by atoms with E-state index in [1.165, 1.54) is 18.1 Å². The Hall–Kier alpha value is -2.09. The summed E-state index contributed by atoms with van der Waals surface area (Å²) in [4.78, 5) is 0. The van der Waals surface area contributed by atoms with E-state index in [0.717, 1.165) is 34.5 Å². The molecule has 0 aromatic heterocycles. The van der Waals surface area contributed by atoms with Crippen molar-refractivity contribution in [2.75, 3.05) is 7.11 Å². The highest BCUT2D eigenvalue weighted by atomic mass is 19.1. The van der Waals surface area contributed by atoms with Crippen LogP contribution in [0.2, 0.25) is 0 Å². The number of ether oxygens (including phenoxy) is 1. The summed E-state index contributed by atoms with van der Waals surface area (Å²) >= 11 is 0. The maximum Gasteiger partial charge on any atom is 0.118 e. The van der Waals surface area contributed by atoms with Crippen molar-refractivity contribution in [3.63, 3.8) is 0 Å². The largest absolute Gasteiger partial charge is 0.497 e. The molecule has 23 heavy (non-hydrogen) atoms. The van der Waals surface area contributed by atoms with Crippen LogP contribution in [0.1, 0.15) is 46.6 Å². The van der Waals surface area contributed by atoms with Crippen LogP contribution in [0.3, 0.4) is 0 Å². The van der Waals surface area contributed by atoms with Crippen molar-refractivity contribution >= 4 is 5.57 Å². The van der Waals surface area contributed by atoms with E-state index < -0.39 is 0 Å². The fourth-order valence-electron chi connectivity index (χ4n) is 2.41. The summed E-state index contributed by atoms with van der Waals surface area (Å²) in [6, 6.07) is 7.71. The Morgan fingerprint density at radius 3 is 2.04 bits per heavy atom. The molecule has 1 aromatic rings. The van der Waals surface area contributed by atoms with Gasteiger partial charge in [0.25, 0.3) is 0 Å². The SMILES string of the molecule is C=C(C)/C(C)=C(\C)C/C(C)=C(\C=C(/C)F)c1ccc(OC)cc1. The van der Waals surface area contributed by atoms with E-state index >= 15 is 0 Å². The van der Waals surface area contributed by atoms with E-state index in [9.17, 15) is 4.39 Å². The van der Waals surface area contributed by atoms with Crippen LogP contribution >= 0.6 is 0 Å².